The van der Waals surface area contributed by atoms with Gasteiger partial charge in [-0.25, -0.2) is 0 Å². The first kappa shape index (κ1) is 16.3. The Morgan fingerprint density at radius 2 is 1.70 bits per heavy atom. The van der Waals surface area contributed by atoms with Crippen molar-refractivity contribution in [3.8, 4) is 0 Å². The minimum absolute atomic E-state index is 0.623. The number of aryl methyl sites for hydroxylation is 1. The smallest absolute Gasteiger partial charge is 0.314 e. The number of rotatable bonds is 3. The number of benzene rings is 2. The Bertz CT molecular complexity index is 676. The zero-order valence-electron chi connectivity index (χ0n) is 13.2. The number of hydrogen-bond acceptors (Lipinski definition) is 2. The van der Waals surface area contributed by atoms with Crippen molar-refractivity contribution in [2.24, 2.45) is 0 Å². The normalized spacial score (nSPS) is 18.3. The van der Waals surface area contributed by atoms with Crippen LogP contribution in [0.2, 0.25) is 0 Å². The molecule has 1 N–H and O–H groups in total. The van der Waals surface area contributed by atoms with Gasteiger partial charge in [0.15, 0.2) is 0 Å². The average Bonchev–Trinajstić information content (AvgIpc) is 2.54. The monoisotopic (exact) mass is 322 g/mol. The summed E-state index contributed by atoms with van der Waals surface area (Å²) in [6.45, 7) is 4.75. The second-order valence-electron chi connectivity index (χ2n) is 6.14. The Morgan fingerprint density at radius 1 is 1.04 bits per heavy atom. The van der Waals surface area contributed by atoms with Gasteiger partial charge in [-0.15, -0.1) is 0 Å². The van der Waals surface area contributed by atoms with Gasteiger partial charge in [0.25, 0.3) is 0 Å². The molecule has 2 aromatic rings. The van der Waals surface area contributed by atoms with Gasteiger partial charge in [0.1, 0.15) is 0 Å². The summed E-state index contributed by atoms with van der Waals surface area (Å²) in [7, 11) is 0. The molecule has 0 aromatic heterocycles. The van der Waals surface area contributed by atoms with Crippen molar-refractivity contribution >= 4 is 10.8 Å². The summed E-state index contributed by atoms with van der Waals surface area (Å²) in [5.74, 6) is 0. The van der Waals surface area contributed by atoms with Gasteiger partial charge < -0.3 is 5.32 Å². The lowest BCUT2D eigenvalue weighted by atomic mass is 9.93. The van der Waals surface area contributed by atoms with E-state index in [1.807, 2.05) is 48.2 Å². The van der Waals surface area contributed by atoms with Crippen molar-refractivity contribution in [3.63, 3.8) is 0 Å². The maximum atomic E-state index is 13.2. The molecule has 0 radical (unpaired) electrons. The fourth-order valence-electron chi connectivity index (χ4n) is 3.41. The summed E-state index contributed by atoms with van der Waals surface area (Å²) in [4.78, 5) is 1.96. The topological polar surface area (TPSA) is 15.3 Å². The molecule has 1 heterocycles. The molecule has 0 spiro atoms. The fourth-order valence-corrected chi connectivity index (χ4v) is 3.41. The third-order valence-corrected chi connectivity index (χ3v) is 4.55. The Morgan fingerprint density at radius 3 is 2.35 bits per heavy atom. The van der Waals surface area contributed by atoms with E-state index in [1.54, 1.807) is 0 Å². The van der Waals surface area contributed by atoms with E-state index in [4.69, 9.17) is 0 Å². The number of alkyl halides is 3. The van der Waals surface area contributed by atoms with E-state index in [0.717, 1.165) is 35.0 Å². The summed E-state index contributed by atoms with van der Waals surface area (Å²) in [6.07, 6.45) is -4.98. The van der Waals surface area contributed by atoms with Crippen molar-refractivity contribution in [1.82, 2.24) is 10.2 Å². The van der Waals surface area contributed by atoms with E-state index in [-0.39, 0.29) is 0 Å². The van der Waals surface area contributed by atoms with E-state index in [9.17, 15) is 13.2 Å². The zero-order chi connectivity index (χ0) is 16.4. The van der Waals surface area contributed by atoms with Crippen LogP contribution in [-0.4, -0.2) is 37.3 Å². The first-order valence-corrected chi connectivity index (χ1v) is 7.95. The number of nitrogens with one attached hydrogen (secondary N) is 1. The first-order valence-electron chi connectivity index (χ1n) is 7.95. The predicted octanol–water partition coefficient (Wildman–Crippen LogP) is 4.05. The molecule has 1 atom stereocenters. The van der Waals surface area contributed by atoms with Gasteiger partial charge in [0.05, 0.1) is 6.42 Å². The lowest BCUT2D eigenvalue weighted by molar-refractivity contribution is -0.148. The Kier molecular flexibility index (Phi) is 4.60. The van der Waals surface area contributed by atoms with Gasteiger partial charge in [-0.3, -0.25) is 4.90 Å². The SMILES string of the molecule is Cc1ccc([C@H](CC(F)(F)F)N2CCNCC2)c2ccccc12. The molecule has 1 aliphatic heterocycles. The molecule has 0 saturated carbocycles. The Balaban J connectivity index is 2.07. The molecule has 124 valence electrons. The molecule has 3 rings (SSSR count). The van der Waals surface area contributed by atoms with Gasteiger partial charge in [0, 0.05) is 32.2 Å². The standard InChI is InChI=1S/C18H21F3N2/c1-13-6-7-16(15-5-3-2-4-14(13)15)17(12-18(19,20)21)23-10-8-22-9-11-23/h2-7,17,22H,8-12H2,1H3/t17-/m0/s1. The van der Waals surface area contributed by atoms with E-state index in [0.29, 0.717) is 13.1 Å². The molecule has 1 aliphatic rings. The first-order chi connectivity index (χ1) is 11.0. The molecule has 0 aliphatic carbocycles. The molecule has 0 amide bonds. The average molecular weight is 322 g/mol. The van der Waals surface area contributed by atoms with Crippen LogP contribution >= 0.6 is 0 Å². The maximum absolute atomic E-state index is 13.2. The Labute approximate surface area is 134 Å². The number of halogens is 3. The number of piperazine rings is 1. The zero-order valence-corrected chi connectivity index (χ0v) is 13.2. The van der Waals surface area contributed by atoms with Crippen LogP contribution in [-0.2, 0) is 0 Å². The van der Waals surface area contributed by atoms with Crippen LogP contribution in [0, 0.1) is 6.92 Å². The van der Waals surface area contributed by atoms with Crippen LogP contribution in [0.1, 0.15) is 23.6 Å². The molecular formula is C18H21F3N2. The van der Waals surface area contributed by atoms with Gasteiger partial charge >= 0.3 is 6.18 Å². The van der Waals surface area contributed by atoms with Crippen LogP contribution in [0.4, 0.5) is 13.2 Å². The predicted molar refractivity (Wildman–Crippen MR) is 86.5 cm³/mol. The molecule has 1 saturated heterocycles. The molecule has 23 heavy (non-hydrogen) atoms. The maximum Gasteiger partial charge on any atom is 0.390 e. The van der Waals surface area contributed by atoms with Crippen molar-refractivity contribution in [2.45, 2.75) is 25.6 Å². The summed E-state index contributed by atoms with van der Waals surface area (Å²) in [6, 6.07) is 10.9. The third-order valence-electron chi connectivity index (χ3n) is 4.55. The van der Waals surface area contributed by atoms with E-state index >= 15 is 0 Å². The largest absolute Gasteiger partial charge is 0.390 e. The lowest BCUT2D eigenvalue weighted by Crippen LogP contribution is -2.46. The summed E-state index contributed by atoms with van der Waals surface area (Å²) in [5.41, 5.74) is 1.88. The van der Waals surface area contributed by atoms with E-state index in [2.05, 4.69) is 5.32 Å². The highest BCUT2D eigenvalue weighted by atomic mass is 19.4. The van der Waals surface area contributed by atoms with E-state index in [1.165, 1.54) is 0 Å². The third kappa shape index (κ3) is 3.67. The minimum Gasteiger partial charge on any atom is -0.314 e. The van der Waals surface area contributed by atoms with Crippen molar-refractivity contribution in [3.05, 3.63) is 47.5 Å². The molecule has 2 nitrogen and oxygen atoms in total. The fraction of sp³-hybridized carbons (Fsp3) is 0.444. The highest BCUT2D eigenvalue weighted by Gasteiger charge is 2.36. The number of fused-ring (bicyclic) bond motifs is 1. The van der Waals surface area contributed by atoms with Crippen molar-refractivity contribution in [2.75, 3.05) is 26.2 Å². The van der Waals surface area contributed by atoms with E-state index < -0.39 is 18.6 Å². The Hall–Kier alpha value is -1.59. The highest BCUT2D eigenvalue weighted by Crippen LogP contribution is 2.37. The molecule has 2 aromatic carbocycles. The second-order valence-corrected chi connectivity index (χ2v) is 6.14. The summed E-state index contributed by atoms with van der Waals surface area (Å²) >= 11 is 0. The van der Waals surface area contributed by atoms with Crippen LogP contribution < -0.4 is 5.32 Å². The van der Waals surface area contributed by atoms with Gasteiger partial charge in [-0.05, 0) is 28.8 Å². The lowest BCUT2D eigenvalue weighted by Gasteiger charge is -2.36. The van der Waals surface area contributed by atoms with Gasteiger partial charge in [-0.2, -0.15) is 13.2 Å². The molecule has 5 heteroatoms. The summed E-state index contributed by atoms with van der Waals surface area (Å²) < 4.78 is 39.6. The highest BCUT2D eigenvalue weighted by molar-refractivity contribution is 5.88. The molecule has 1 fully saturated rings. The van der Waals surface area contributed by atoms with Gasteiger partial charge in [-0.1, -0.05) is 36.4 Å². The van der Waals surface area contributed by atoms with Crippen molar-refractivity contribution < 1.29 is 13.2 Å². The van der Waals surface area contributed by atoms with Crippen LogP contribution in [0.3, 0.4) is 0 Å². The number of nitrogens with zero attached hydrogens (tertiary/aromatic N) is 1. The van der Waals surface area contributed by atoms with Crippen molar-refractivity contribution in [1.29, 1.82) is 0 Å². The molecule has 0 unspecified atom stereocenters. The van der Waals surface area contributed by atoms with Crippen LogP contribution in [0.25, 0.3) is 10.8 Å². The van der Waals surface area contributed by atoms with Crippen LogP contribution in [0.15, 0.2) is 36.4 Å². The minimum atomic E-state index is -4.18. The summed E-state index contributed by atoms with van der Waals surface area (Å²) in [5, 5.41) is 5.17. The van der Waals surface area contributed by atoms with Gasteiger partial charge in [0.2, 0.25) is 0 Å². The quantitative estimate of drug-likeness (QED) is 0.917. The number of hydrogen-bond donors (Lipinski definition) is 1. The molecule has 0 bridgehead atoms. The van der Waals surface area contributed by atoms with Crippen LogP contribution in [0.5, 0.6) is 0 Å². The molecular weight excluding hydrogens is 301 g/mol. The second kappa shape index (κ2) is 6.49.